The molecule has 14 heteroatoms. The Morgan fingerprint density at radius 2 is 1.23 bits per heavy atom. The Morgan fingerprint density at radius 1 is 0.818 bits per heavy atom. The van der Waals surface area contributed by atoms with Gasteiger partial charge in [0.2, 0.25) is 0 Å². The third-order valence-electron chi connectivity index (χ3n) is 2.09. The van der Waals surface area contributed by atoms with Crippen LogP contribution in [0.4, 0.5) is 39.5 Å². The summed E-state index contributed by atoms with van der Waals surface area (Å²) in [6.07, 6.45) is 0. The lowest BCUT2D eigenvalue weighted by Gasteiger charge is -2.32. The second kappa shape index (κ2) is 6.39. The maximum atomic E-state index is 13.0. The molecule has 4 nitrogen and oxygen atoms in total. The average Bonchev–Trinajstić information content (AvgIpc) is 2.32. The van der Waals surface area contributed by atoms with E-state index in [9.17, 15) is 47.9 Å². The van der Waals surface area contributed by atoms with E-state index in [1.807, 2.05) is 0 Å². The van der Waals surface area contributed by atoms with Crippen LogP contribution in [0.1, 0.15) is 6.92 Å². The highest BCUT2D eigenvalue weighted by molar-refractivity contribution is 7.87. The van der Waals surface area contributed by atoms with E-state index in [1.165, 1.54) is 0 Å². The fraction of sp³-hybridized carbons (Fsp3) is 1.00. The van der Waals surface area contributed by atoms with Crippen LogP contribution < -0.4 is 0 Å². The molecular weight excluding hydrogens is 363 g/mol. The molecule has 0 bridgehead atoms. The molecule has 0 heterocycles. The summed E-state index contributed by atoms with van der Waals surface area (Å²) in [5.74, 6) is -17.6. The number of ether oxygens (including phenoxy) is 1. The van der Waals surface area contributed by atoms with Crippen molar-refractivity contribution in [2.24, 2.45) is 0 Å². The molecule has 0 radical (unpaired) electrons. The molecule has 0 aromatic heterocycles. The van der Waals surface area contributed by atoms with Gasteiger partial charge in [-0.15, -0.1) is 0 Å². The van der Waals surface area contributed by atoms with Crippen LogP contribution in [0.15, 0.2) is 0 Å². The number of halogens is 9. The number of hydrogen-bond acceptors (Lipinski definition) is 4. The minimum atomic E-state index is -6.64. The van der Waals surface area contributed by atoms with E-state index in [1.54, 1.807) is 0 Å². The molecule has 0 fully saturated rings. The summed E-state index contributed by atoms with van der Waals surface area (Å²) < 4.78 is 141. The van der Waals surface area contributed by atoms with E-state index in [0.29, 0.717) is 0 Å². The van der Waals surface area contributed by atoms with Crippen LogP contribution in [0.3, 0.4) is 0 Å². The van der Waals surface area contributed by atoms with Crippen LogP contribution in [-0.2, 0) is 19.0 Å². The molecule has 0 saturated heterocycles. The predicted octanol–water partition coefficient (Wildman–Crippen LogP) is 2.80. The number of hydrogen-bond donors (Lipinski definition) is 0. The first kappa shape index (κ1) is 21.2. The van der Waals surface area contributed by atoms with Gasteiger partial charge in [0, 0.05) is 6.61 Å². The molecule has 0 aromatic rings. The third kappa shape index (κ3) is 4.38. The Balaban J connectivity index is 5.22. The lowest BCUT2D eigenvalue weighted by atomic mass is 10.1. The van der Waals surface area contributed by atoms with Crippen LogP contribution in [0, 0.1) is 0 Å². The molecule has 0 aliphatic rings. The highest BCUT2D eigenvalue weighted by Crippen LogP contribution is 2.46. The second-order valence-corrected chi connectivity index (χ2v) is 5.39. The Labute approximate surface area is 118 Å². The SMILES string of the molecule is CCOCC(F)(F)C(F)(F)C(F)(F)COS(=O)(=O)C(F)(F)F. The van der Waals surface area contributed by atoms with E-state index in [4.69, 9.17) is 0 Å². The lowest BCUT2D eigenvalue weighted by Crippen LogP contribution is -2.58. The van der Waals surface area contributed by atoms with Gasteiger partial charge in [0.05, 0.1) is 0 Å². The molecule has 0 spiro atoms. The monoisotopic (exact) mass is 372 g/mol. The van der Waals surface area contributed by atoms with Gasteiger partial charge in [0.25, 0.3) is 0 Å². The van der Waals surface area contributed by atoms with Gasteiger partial charge in [-0.1, -0.05) is 0 Å². The van der Waals surface area contributed by atoms with E-state index < -0.39 is 53.2 Å². The van der Waals surface area contributed by atoms with E-state index in [-0.39, 0.29) is 0 Å². The first-order valence-electron chi connectivity index (χ1n) is 5.19. The molecule has 0 saturated carbocycles. The van der Waals surface area contributed by atoms with Crippen molar-refractivity contribution in [3.05, 3.63) is 0 Å². The van der Waals surface area contributed by atoms with Gasteiger partial charge in [0.15, 0.2) is 0 Å². The fourth-order valence-electron chi connectivity index (χ4n) is 0.897. The molecule has 0 aromatic carbocycles. The van der Waals surface area contributed by atoms with Crippen LogP contribution in [0.2, 0.25) is 0 Å². The largest absolute Gasteiger partial charge is 0.523 e. The second-order valence-electron chi connectivity index (χ2n) is 3.78. The Kier molecular flexibility index (Phi) is 6.17. The van der Waals surface area contributed by atoms with Crippen molar-refractivity contribution in [3.63, 3.8) is 0 Å². The molecule has 0 aliphatic heterocycles. The zero-order valence-electron chi connectivity index (χ0n) is 10.6. The first-order chi connectivity index (χ1) is 9.52. The van der Waals surface area contributed by atoms with Crippen LogP contribution in [-0.4, -0.2) is 51.5 Å². The molecule has 0 amide bonds. The highest BCUT2D eigenvalue weighted by Gasteiger charge is 2.72. The van der Waals surface area contributed by atoms with Crippen molar-refractivity contribution in [3.8, 4) is 0 Å². The van der Waals surface area contributed by atoms with E-state index in [0.717, 1.165) is 6.92 Å². The molecule has 134 valence electrons. The molecule has 0 N–H and O–H groups in total. The molecule has 22 heavy (non-hydrogen) atoms. The third-order valence-corrected chi connectivity index (χ3v) is 3.08. The molecule has 0 unspecified atom stereocenters. The number of rotatable bonds is 8. The smallest absolute Gasteiger partial charge is 0.375 e. The predicted molar refractivity (Wildman–Crippen MR) is 52.3 cm³/mol. The molecule has 0 atom stereocenters. The first-order valence-corrected chi connectivity index (χ1v) is 6.59. The van der Waals surface area contributed by atoms with Crippen molar-refractivity contribution in [1.29, 1.82) is 0 Å². The summed E-state index contributed by atoms with van der Waals surface area (Å²) in [7, 11) is -6.64. The Morgan fingerprint density at radius 3 is 1.59 bits per heavy atom. The van der Waals surface area contributed by atoms with Gasteiger partial charge in [0.1, 0.15) is 13.2 Å². The average molecular weight is 372 g/mol. The van der Waals surface area contributed by atoms with Gasteiger partial charge < -0.3 is 4.74 Å². The summed E-state index contributed by atoms with van der Waals surface area (Å²) in [6, 6.07) is 0. The van der Waals surface area contributed by atoms with Crippen molar-refractivity contribution < 1.29 is 56.9 Å². The van der Waals surface area contributed by atoms with Crippen molar-refractivity contribution in [2.75, 3.05) is 19.8 Å². The number of alkyl halides is 9. The summed E-state index contributed by atoms with van der Waals surface area (Å²) >= 11 is 0. The minimum absolute atomic E-state index is 0.532. The lowest BCUT2D eigenvalue weighted by molar-refractivity contribution is -0.324. The Hall–Kier alpha value is -0.760. The van der Waals surface area contributed by atoms with Crippen molar-refractivity contribution >= 4 is 10.1 Å². The quantitative estimate of drug-likeness (QED) is 0.374. The summed E-state index contributed by atoms with van der Waals surface area (Å²) in [6.45, 7) is -4.72. The van der Waals surface area contributed by atoms with E-state index in [2.05, 4.69) is 8.92 Å². The van der Waals surface area contributed by atoms with Crippen LogP contribution >= 0.6 is 0 Å². The zero-order chi connectivity index (χ0) is 18.0. The summed E-state index contributed by atoms with van der Waals surface area (Å²) in [4.78, 5) is 0. The van der Waals surface area contributed by atoms with Gasteiger partial charge >= 0.3 is 33.4 Å². The fourth-order valence-corrected chi connectivity index (χ4v) is 1.33. The van der Waals surface area contributed by atoms with Crippen LogP contribution in [0.25, 0.3) is 0 Å². The maximum absolute atomic E-state index is 13.0. The van der Waals surface area contributed by atoms with E-state index >= 15 is 0 Å². The summed E-state index contributed by atoms with van der Waals surface area (Å²) in [5, 5.41) is 0. The van der Waals surface area contributed by atoms with Gasteiger partial charge in [-0.2, -0.15) is 47.9 Å². The highest BCUT2D eigenvalue weighted by atomic mass is 32.2. The standard InChI is InChI=1S/C8H9F9O4S/c1-2-20-3-5(9,10)7(13,14)6(11,12)4-21-22(18,19)8(15,16)17/h2-4H2,1H3. The van der Waals surface area contributed by atoms with Crippen LogP contribution in [0.5, 0.6) is 0 Å². The molecule has 0 rings (SSSR count). The normalized spacial score (nSPS) is 15.2. The maximum Gasteiger partial charge on any atom is 0.523 e. The zero-order valence-corrected chi connectivity index (χ0v) is 11.4. The minimum Gasteiger partial charge on any atom is -0.375 e. The van der Waals surface area contributed by atoms with Crippen molar-refractivity contribution in [1.82, 2.24) is 0 Å². The topological polar surface area (TPSA) is 52.6 Å². The van der Waals surface area contributed by atoms with Gasteiger partial charge in [-0.25, -0.2) is 0 Å². The Bertz CT molecular complexity index is 470. The van der Waals surface area contributed by atoms with Gasteiger partial charge in [-0.05, 0) is 6.92 Å². The van der Waals surface area contributed by atoms with Gasteiger partial charge in [-0.3, -0.25) is 4.18 Å². The molecular formula is C8H9F9O4S. The summed E-state index contributed by atoms with van der Waals surface area (Å²) in [5.41, 5.74) is -6.17. The molecule has 0 aliphatic carbocycles. The van der Waals surface area contributed by atoms with Crippen molar-refractivity contribution in [2.45, 2.75) is 30.2 Å².